The lowest BCUT2D eigenvalue weighted by molar-refractivity contribution is 0.312. The number of hydrogen-bond acceptors (Lipinski definition) is 5. The van der Waals surface area contributed by atoms with Gasteiger partial charge in [0.15, 0.2) is 0 Å². The zero-order valence-electron chi connectivity index (χ0n) is 9.52. The second kappa shape index (κ2) is 5.59. The molecular weight excluding hydrogens is 259 g/mol. The van der Waals surface area contributed by atoms with Crippen molar-refractivity contribution in [2.75, 3.05) is 11.9 Å². The molecule has 0 saturated carbocycles. The summed E-state index contributed by atoms with van der Waals surface area (Å²) in [6.45, 7) is 2.20. The molecule has 0 atom stereocenters. The van der Waals surface area contributed by atoms with Gasteiger partial charge in [-0.25, -0.2) is 4.39 Å². The molecule has 0 fully saturated rings. The number of hydrogen-bond donors (Lipinski definition) is 1. The molecule has 2 rings (SSSR count). The highest BCUT2D eigenvalue weighted by Gasteiger charge is 2.08. The highest BCUT2D eigenvalue weighted by Crippen LogP contribution is 2.19. The molecule has 2 aromatic rings. The zero-order chi connectivity index (χ0) is 13.0. The van der Waals surface area contributed by atoms with Crippen LogP contribution in [0.1, 0.15) is 6.92 Å². The van der Waals surface area contributed by atoms with E-state index >= 15 is 0 Å². The highest BCUT2D eigenvalue weighted by atomic mass is 35.5. The molecule has 0 saturated heterocycles. The quantitative estimate of drug-likeness (QED) is 0.924. The number of rotatable bonds is 4. The van der Waals surface area contributed by atoms with Crippen molar-refractivity contribution in [2.45, 2.75) is 6.92 Å². The van der Waals surface area contributed by atoms with Crippen LogP contribution < -0.4 is 10.1 Å². The molecule has 0 radical (unpaired) electrons. The molecule has 7 heteroatoms. The van der Waals surface area contributed by atoms with E-state index in [0.29, 0.717) is 6.61 Å². The van der Waals surface area contributed by atoms with E-state index in [1.807, 2.05) is 0 Å². The summed E-state index contributed by atoms with van der Waals surface area (Å²) >= 11 is 5.72. The van der Waals surface area contributed by atoms with Crippen LogP contribution in [0.3, 0.4) is 0 Å². The first-order chi connectivity index (χ1) is 8.69. The van der Waals surface area contributed by atoms with E-state index in [4.69, 9.17) is 16.3 Å². The van der Waals surface area contributed by atoms with E-state index in [9.17, 15) is 4.39 Å². The van der Waals surface area contributed by atoms with Crippen molar-refractivity contribution in [1.29, 1.82) is 0 Å². The molecule has 1 heterocycles. The van der Waals surface area contributed by atoms with E-state index in [1.54, 1.807) is 25.1 Å². The molecule has 5 nitrogen and oxygen atoms in total. The van der Waals surface area contributed by atoms with E-state index in [-0.39, 0.29) is 22.9 Å². The molecule has 0 aliphatic carbocycles. The average molecular weight is 269 g/mol. The lowest BCUT2D eigenvalue weighted by Crippen LogP contribution is -2.04. The molecule has 0 spiro atoms. The molecule has 18 heavy (non-hydrogen) atoms. The van der Waals surface area contributed by atoms with Crippen LogP contribution in [-0.2, 0) is 0 Å². The second-order valence-electron chi connectivity index (χ2n) is 3.25. The minimum atomic E-state index is -0.410. The zero-order valence-corrected chi connectivity index (χ0v) is 10.3. The molecule has 94 valence electrons. The smallest absolute Gasteiger partial charge is 0.322 e. The monoisotopic (exact) mass is 268 g/mol. The number of ether oxygens (including phenoxy) is 1. The van der Waals surface area contributed by atoms with Crippen molar-refractivity contribution < 1.29 is 9.13 Å². The highest BCUT2D eigenvalue weighted by molar-refractivity contribution is 6.28. The Kier molecular flexibility index (Phi) is 3.88. The summed E-state index contributed by atoms with van der Waals surface area (Å²) in [7, 11) is 0. The van der Waals surface area contributed by atoms with Gasteiger partial charge in [0, 0.05) is 0 Å². The topological polar surface area (TPSA) is 59.9 Å². The standard InChI is InChI=1S/C11H10ClFN4O/c1-2-18-11-16-9(12)15-10(17-11)14-8-6-4-3-5-7(8)13/h3-6H,2H2,1H3,(H,14,15,16,17). The van der Waals surface area contributed by atoms with E-state index in [0.717, 1.165) is 0 Å². The third-order valence-electron chi connectivity index (χ3n) is 1.98. The summed E-state index contributed by atoms with van der Waals surface area (Å²) in [5.74, 6) is -0.282. The molecule has 0 amide bonds. The fourth-order valence-corrected chi connectivity index (χ4v) is 1.42. The largest absolute Gasteiger partial charge is 0.464 e. The Bertz CT molecular complexity index is 552. The van der Waals surface area contributed by atoms with Gasteiger partial charge in [0.25, 0.3) is 0 Å². The predicted molar refractivity (Wildman–Crippen MR) is 65.7 cm³/mol. The Labute approximate surface area is 108 Å². The molecule has 1 aromatic carbocycles. The SMILES string of the molecule is CCOc1nc(Cl)nc(Nc2ccccc2F)n1. The normalized spacial score (nSPS) is 10.2. The van der Waals surface area contributed by atoms with Crippen LogP contribution in [0.2, 0.25) is 5.28 Å². The van der Waals surface area contributed by atoms with Gasteiger partial charge in [-0.2, -0.15) is 15.0 Å². The summed E-state index contributed by atoms with van der Waals surface area (Å²) < 4.78 is 18.5. The number of nitrogens with zero attached hydrogens (tertiary/aromatic N) is 3. The Balaban J connectivity index is 2.26. The van der Waals surface area contributed by atoms with Crippen molar-refractivity contribution in [3.8, 4) is 6.01 Å². The maximum Gasteiger partial charge on any atom is 0.322 e. The maximum atomic E-state index is 13.4. The van der Waals surface area contributed by atoms with Gasteiger partial charge >= 0.3 is 6.01 Å². The van der Waals surface area contributed by atoms with Gasteiger partial charge in [0.1, 0.15) is 5.82 Å². The van der Waals surface area contributed by atoms with Gasteiger partial charge in [0.05, 0.1) is 12.3 Å². The summed E-state index contributed by atoms with van der Waals surface area (Å²) in [6.07, 6.45) is 0. The van der Waals surface area contributed by atoms with Crippen LogP contribution in [0.15, 0.2) is 24.3 Å². The van der Waals surface area contributed by atoms with Gasteiger partial charge in [-0.15, -0.1) is 0 Å². The van der Waals surface area contributed by atoms with Gasteiger partial charge in [0.2, 0.25) is 11.2 Å². The lowest BCUT2D eigenvalue weighted by Gasteiger charge is -2.07. The lowest BCUT2D eigenvalue weighted by atomic mass is 10.3. The summed E-state index contributed by atoms with van der Waals surface area (Å²) in [6, 6.07) is 6.27. The Hall–Kier alpha value is -1.95. The van der Waals surface area contributed by atoms with E-state index < -0.39 is 5.82 Å². The van der Waals surface area contributed by atoms with Crippen molar-refractivity contribution in [3.05, 3.63) is 35.4 Å². The third-order valence-corrected chi connectivity index (χ3v) is 2.15. The number of aromatic nitrogens is 3. The van der Waals surface area contributed by atoms with Gasteiger partial charge in [-0.05, 0) is 30.7 Å². The van der Waals surface area contributed by atoms with Crippen LogP contribution in [0.5, 0.6) is 6.01 Å². The molecule has 1 N–H and O–H groups in total. The number of benzene rings is 1. The number of halogens is 2. The molecule has 0 bridgehead atoms. The van der Waals surface area contributed by atoms with Crippen molar-refractivity contribution in [2.24, 2.45) is 0 Å². The van der Waals surface area contributed by atoms with Crippen LogP contribution >= 0.6 is 11.6 Å². The molecule has 0 aliphatic heterocycles. The first-order valence-electron chi connectivity index (χ1n) is 5.25. The molecule has 1 aromatic heterocycles. The number of para-hydroxylation sites is 1. The van der Waals surface area contributed by atoms with Crippen LogP contribution in [0.25, 0.3) is 0 Å². The van der Waals surface area contributed by atoms with Crippen LogP contribution in [-0.4, -0.2) is 21.6 Å². The molecular formula is C11H10ClFN4O. The Morgan fingerprint density at radius 2 is 2.06 bits per heavy atom. The third kappa shape index (κ3) is 3.04. The number of anilines is 2. The van der Waals surface area contributed by atoms with Gasteiger partial charge < -0.3 is 10.1 Å². The van der Waals surface area contributed by atoms with Crippen molar-refractivity contribution in [1.82, 2.24) is 15.0 Å². The van der Waals surface area contributed by atoms with Crippen molar-refractivity contribution in [3.63, 3.8) is 0 Å². The van der Waals surface area contributed by atoms with Crippen LogP contribution in [0.4, 0.5) is 16.0 Å². The van der Waals surface area contributed by atoms with Gasteiger partial charge in [-0.1, -0.05) is 12.1 Å². The second-order valence-corrected chi connectivity index (χ2v) is 3.59. The van der Waals surface area contributed by atoms with Gasteiger partial charge in [-0.3, -0.25) is 0 Å². The van der Waals surface area contributed by atoms with Crippen LogP contribution in [0, 0.1) is 5.82 Å². The first-order valence-corrected chi connectivity index (χ1v) is 5.62. The van der Waals surface area contributed by atoms with Crippen molar-refractivity contribution >= 4 is 23.2 Å². The number of nitrogens with one attached hydrogen (secondary N) is 1. The summed E-state index contributed by atoms with van der Waals surface area (Å²) in [5.41, 5.74) is 0.252. The fraction of sp³-hybridized carbons (Fsp3) is 0.182. The average Bonchev–Trinajstić information content (AvgIpc) is 2.32. The fourth-order valence-electron chi connectivity index (χ4n) is 1.26. The molecule has 0 unspecified atom stereocenters. The summed E-state index contributed by atoms with van der Waals surface area (Å²) in [5, 5.41) is 2.69. The Morgan fingerprint density at radius 3 is 2.78 bits per heavy atom. The minimum Gasteiger partial charge on any atom is -0.464 e. The maximum absolute atomic E-state index is 13.4. The summed E-state index contributed by atoms with van der Waals surface area (Å²) in [4.78, 5) is 11.6. The Morgan fingerprint density at radius 1 is 1.28 bits per heavy atom. The molecule has 0 aliphatic rings. The minimum absolute atomic E-state index is 0.0210. The van der Waals surface area contributed by atoms with E-state index in [2.05, 4.69) is 20.3 Å². The first kappa shape index (κ1) is 12.5. The predicted octanol–water partition coefficient (Wildman–Crippen LogP) is 2.81. The van der Waals surface area contributed by atoms with E-state index in [1.165, 1.54) is 6.07 Å².